The number of rotatable bonds is 7. The van der Waals surface area contributed by atoms with E-state index in [0.29, 0.717) is 17.1 Å². The van der Waals surface area contributed by atoms with Crippen molar-refractivity contribution in [2.24, 2.45) is 0 Å². The number of hydrogen-bond acceptors (Lipinski definition) is 4. The minimum atomic E-state index is -3.62. The molecule has 0 heterocycles. The summed E-state index contributed by atoms with van der Waals surface area (Å²) in [5, 5.41) is 2.74. The molecular formula is C20H26N2O4S. The zero-order chi connectivity index (χ0) is 20.2. The van der Waals surface area contributed by atoms with Crippen LogP contribution in [0.1, 0.15) is 25.0 Å². The molecule has 0 aliphatic rings. The molecule has 0 aromatic heterocycles. The van der Waals surface area contributed by atoms with Gasteiger partial charge in [-0.05, 0) is 57.0 Å². The largest absolute Gasteiger partial charge is 0.491 e. The fraction of sp³-hybridized carbons (Fsp3) is 0.350. The minimum absolute atomic E-state index is 0.0148. The van der Waals surface area contributed by atoms with Gasteiger partial charge in [0.2, 0.25) is 15.9 Å². The third-order valence-corrected chi connectivity index (χ3v) is 4.94. The van der Waals surface area contributed by atoms with Crippen LogP contribution < -0.4 is 14.4 Å². The molecule has 0 atom stereocenters. The maximum Gasteiger partial charge on any atom is 0.245 e. The van der Waals surface area contributed by atoms with Crippen molar-refractivity contribution in [2.75, 3.05) is 22.4 Å². The maximum atomic E-state index is 12.5. The second-order valence-electron chi connectivity index (χ2n) is 6.80. The molecule has 1 N–H and O–H groups in total. The summed E-state index contributed by atoms with van der Waals surface area (Å²) in [5.74, 6) is 0.209. The molecule has 0 saturated carbocycles. The van der Waals surface area contributed by atoms with Crippen molar-refractivity contribution in [3.8, 4) is 5.75 Å². The number of carbonyl (C=O) groups is 1. The summed E-state index contributed by atoms with van der Waals surface area (Å²) >= 11 is 0. The van der Waals surface area contributed by atoms with Crippen LogP contribution in [0.25, 0.3) is 0 Å². The molecule has 0 saturated heterocycles. The lowest BCUT2D eigenvalue weighted by molar-refractivity contribution is -0.114. The number of benzene rings is 2. The van der Waals surface area contributed by atoms with Crippen LogP contribution in [0.3, 0.4) is 0 Å². The van der Waals surface area contributed by atoms with Crippen molar-refractivity contribution in [1.29, 1.82) is 0 Å². The second kappa shape index (κ2) is 8.43. The Bertz CT molecular complexity index is 923. The third-order valence-electron chi connectivity index (χ3n) is 3.81. The molecule has 1 amide bonds. The van der Waals surface area contributed by atoms with E-state index in [-0.39, 0.29) is 12.6 Å². The summed E-state index contributed by atoms with van der Waals surface area (Å²) in [7, 11) is -3.62. The molecule has 0 spiro atoms. The van der Waals surface area contributed by atoms with Crippen LogP contribution in [0.15, 0.2) is 42.5 Å². The highest BCUT2D eigenvalue weighted by molar-refractivity contribution is 7.92. The Morgan fingerprint density at radius 3 is 2.48 bits per heavy atom. The highest BCUT2D eigenvalue weighted by Gasteiger charge is 2.22. The van der Waals surface area contributed by atoms with Gasteiger partial charge in [-0.15, -0.1) is 0 Å². The second-order valence-corrected chi connectivity index (χ2v) is 8.71. The molecule has 0 fully saturated rings. The number of nitrogens with one attached hydrogen (secondary N) is 1. The standard InChI is InChI=1S/C20H26N2O4S/c1-14(2)26-18-8-6-7-17(12-18)21-20(23)13-22(27(5,24)25)19-11-15(3)9-10-16(19)4/h6-12,14H,13H2,1-5H3,(H,21,23). The molecule has 7 heteroatoms. The van der Waals surface area contributed by atoms with Crippen molar-refractivity contribution >= 4 is 27.3 Å². The number of ether oxygens (including phenoxy) is 1. The number of nitrogens with zero attached hydrogens (tertiary/aromatic N) is 1. The summed E-state index contributed by atoms with van der Waals surface area (Å²) in [6.45, 7) is 7.22. The lowest BCUT2D eigenvalue weighted by atomic mass is 10.1. The van der Waals surface area contributed by atoms with Gasteiger partial charge in [0.1, 0.15) is 12.3 Å². The van der Waals surface area contributed by atoms with Crippen LogP contribution in [0.4, 0.5) is 11.4 Å². The Labute approximate surface area is 161 Å². The smallest absolute Gasteiger partial charge is 0.245 e. The number of carbonyl (C=O) groups excluding carboxylic acids is 1. The SMILES string of the molecule is Cc1ccc(C)c(N(CC(=O)Nc2cccc(OC(C)C)c2)S(C)(=O)=O)c1. The molecule has 6 nitrogen and oxygen atoms in total. The lowest BCUT2D eigenvalue weighted by Crippen LogP contribution is -2.37. The number of hydrogen-bond donors (Lipinski definition) is 1. The zero-order valence-electron chi connectivity index (χ0n) is 16.3. The van der Waals surface area contributed by atoms with E-state index >= 15 is 0 Å². The average molecular weight is 391 g/mol. The fourth-order valence-corrected chi connectivity index (χ4v) is 3.53. The number of aryl methyl sites for hydroxylation is 2. The van der Waals surface area contributed by atoms with Crippen molar-refractivity contribution in [2.45, 2.75) is 33.8 Å². The zero-order valence-corrected chi connectivity index (χ0v) is 17.1. The van der Waals surface area contributed by atoms with Gasteiger partial charge >= 0.3 is 0 Å². The summed E-state index contributed by atoms with van der Waals surface area (Å²) in [6.07, 6.45) is 1.11. The first-order chi connectivity index (χ1) is 12.6. The van der Waals surface area contributed by atoms with Crippen LogP contribution in [-0.4, -0.2) is 33.2 Å². The van der Waals surface area contributed by atoms with E-state index in [1.54, 1.807) is 30.3 Å². The van der Waals surface area contributed by atoms with Crippen molar-refractivity contribution in [3.63, 3.8) is 0 Å². The summed E-state index contributed by atoms with van der Waals surface area (Å²) in [4.78, 5) is 12.5. The molecule has 2 aromatic rings. The van der Waals surface area contributed by atoms with E-state index in [2.05, 4.69) is 5.32 Å². The first-order valence-corrected chi connectivity index (χ1v) is 10.5. The van der Waals surface area contributed by atoms with Crippen LogP contribution in [-0.2, 0) is 14.8 Å². The van der Waals surface area contributed by atoms with Gasteiger partial charge in [0, 0.05) is 11.8 Å². The van der Waals surface area contributed by atoms with Crippen LogP contribution in [0.5, 0.6) is 5.75 Å². The predicted molar refractivity (Wildman–Crippen MR) is 109 cm³/mol. The molecule has 0 radical (unpaired) electrons. The maximum absolute atomic E-state index is 12.5. The number of sulfonamides is 1. The van der Waals surface area contributed by atoms with Crippen molar-refractivity contribution < 1.29 is 17.9 Å². The number of amides is 1. The summed E-state index contributed by atoms with van der Waals surface area (Å²) < 4.78 is 31.3. The molecular weight excluding hydrogens is 364 g/mol. The Kier molecular flexibility index (Phi) is 6.49. The van der Waals surface area contributed by atoms with Gasteiger partial charge in [-0.3, -0.25) is 9.10 Å². The lowest BCUT2D eigenvalue weighted by Gasteiger charge is -2.24. The monoisotopic (exact) mass is 390 g/mol. The molecule has 0 unspecified atom stereocenters. The molecule has 146 valence electrons. The van der Waals surface area contributed by atoms with Gasteiger partial charge in [0.05, 0.1) is 18.0 Å². The van der Waals surface area contributed by atoms with Crippen LogP contribution >= 0.6 is 0 Å². The van der Waals surface area contributed by atoms with Gasteiger partial charge in [0.25, 0.3) is 0 Å². The Balaban J connectivity index is 2.21. The van der Waals surface area contributed by atoms with Crippen molar-refractivity contribution in [1.82, 2.24) is 0 Å². The van der Waals surface area contributed by atoms with E-state index in [1.807, 2.05) is 39.8 Å². The van der Waals surface area contributed by atoms with Gasteiger partial charge in [-0.2, -0.15) is 0 Å². The Hall–Kier alpha value is -2.54. The van der Waals surface area contributed by atoms with Crippen LogP contribution in [0, 0.1) is 13.8 Å². The van der Waals surface area contributed by atoms with Crippen LogP contribution in [0.2, 0.25) is 0 Å². The highest BCUT2D eigenvalue weighted by atomic mass is 32.2. The molecule has 0 bridgehead atoms. The first-order valence-electron chi connectivity index (χ1n) is 8.68. The first kappa shape index (κ1) is 20.8. The quantitative estimate of drug-likeness (QED) is 0.785. The molecule has 0 aliphatic carbocycles. The van der Waals surface area contributed by atoms with E-state index < -0.39 is 15.9 Å². The van der Waals surface area contributed by atoms with E-state index in [0.717, 1.165) is 21.7 Å². The molecule has 27 heavy (non-hydrogen) atoms. The average Bonchev–Trinajstić information content (AvgIpc) is 2.54. The molecule has 0 aliphatic heterocycles. The summed E-state index contributed by atoms with van der Waals surface area (Å²) in [5.41, 5.74) is 2.76. The highest BCUT2D eigenvalue weighted by Crippen LogP contribution is 2.24. The number of anilines is 2. The predicted octanol–water partition coefficient (Wildman–Crippen LogP) is 3.50. The minimum Gasteiger partial charge on any atom is -0.491 e. The topological polar surface area (TPSA) is 75.7 Å². The van der Waals surface area contributed by atoms with Gasteiger partial charge in [-0.1, -0.05) is 18.2 Å². The fourth-order valence-electron chi connectivity index (χ4n) is 2.62. The van der Waals surface area contributed by atoms with Gasteiger partial charge < -0.3 is 10.1 Å². The Morgan fingerprint density at radius 1 is 1.15 bits per heavy atom. The van der Waals surface area contributed by atoms with Crippen molar-refractivity contribution in [3.05, 3.63) is 53.6 Å². The van der Waals surface area contributed by atoms with E-state index in [9.17, 15) is 13.2 Å². The van der Waals surface area contributed by atoms with Gasteiger partial charge in [-0.25, -0.2) is 8.42 Å². The van der Waals surface area contributed by atoms with E-state index in [1.165, 1.54) is 0 Å². The molecule has 2 rings (SSSR count). The van der Waals surface area contributed by atoms with Gasteiger partial charge in [0.15, 0.2) is 0 Å². The normalized spacial score (nSPS) is 11.3. The molecule has 2 aromatic carbocycles. The Morgan fingerprint density at radius 2 is 1.85 bits per heavy atom. The third kappa shape index (κ3) is 5.99. The van der Waals surface area contributed by atoms with E-state index in [4.69, 9.17) is 4.74 Å². The summed E-state index contributed by atoms with van der Waals surface area (Å²) in [6, 6.07) is 12.5.